The fourth-order valence-corrected chi connectivity index (χ4v) is 3.23. The van der Waals surface area contributed by atoms with Gasteiger partial charge in [0.05, 0.1) is 16.7 Å². The monoisotopic (exact) mass is 357 g/mol. The predicted octanol–water partition coefficient (Wildman–Crippen LogP) is 2.22. The molecule has 0 radical (unpaired) electrons. The maximum Gasteiger partial charge on any atom is 0.284 e. The fourth-order valence-electron chi connectivity index (χ4n) is 2.14. The van der Waals surface area contributed by atoms with Crippen LogP contribution in [0.25, 0.3) is 0 Å². The van der Waals surface area contributed by atoms with Gasteiger partial charge in [0.15, 0.2) is 6.29 Å². The molecule has 3 aromatic rings. The number of hydrogen-bond acceptors (Lipinski definition) is 6. The minimum absolute atomic E-state index is 0.00568. The average Bonchev–Trinajstić information content (AvgIpc) is 3.10. The van der Waals surface area contributed by atoms with Crippen molar-refractivity contribution in [3.8, 4) is 5.75 Å². The molecule has 3 rings (SSSR count). The van der Waals surface area contributed by atoms with Crippen molar-refractivity contribution >= 4 is 16.3 Å². The topological polar surface area (TPSA) is 91.2 Å². The van der Waals surface area contributed by atoms with Crippen molar-refractivity contribution in [2.24, 2.45) is 0 Å². The largest absolute Gasteiger partial charge is 0.486 e. The van der Waals surface area contributed by atoms with Gasteiger partial charge in [-0.25, -0.2) is 0 Å². The zero-order valence-electron chi connectivity index (χ0n) is 13.4. The number of carbonyl (C=O) groups is 1. The summed E-state index contributed by atoms with van der Waals surface area (Å²) >= 11 is 0. The van der Waals surface area contributed by atoms with Crippen molar-refractivity contribution < 1.29 is 17.9 Å². The number of para-hydroxylation sites is 1. The summed E-state index contributed by atoms with van der Waals surface area (Å²) in [6.07, 6.45) is 1.98. The summed E-state index contributed by atoms with van der Waals surface area (Å²) < 4.78 is 31.3. The van der Waals surface area contributed by atoms with E-state index in [0.717, 1.165) is 9.65 Å². The second-order valence-electron chi connectivity index (χ2n) is 5.34. The van der Waals surface area contributed by atoms with E-state index in [0.29, 0.717) is 23.3 Å². The Bertz CT molecular complexity index is 995. The summed E-state index contributed by atoms with van der Waals surface area (Å²) in [7, 11) is -3.80. The van der Waals surface area contributed by atoms with E-state index in [1.54, 1.807) is 36.4 Å². The lowest BCUT2D eigenvalue weighted by atomic mass is 10.2. The van der Waals surface area contributed by atoms with Gasteiger partial charge in [-0.2, -0.15) is 8.42 Å². The Kier molecular flexibility index (Phi) is 4.62. The summed E-state index contributed by atoms with van der Waals surface area (Å²) in [6.45, 7) is 1.87. The Labute approximate surface area is 144 Å². The Morgan fingerprint density at radius 1 is 1.12 bits per heavy atom. The zero-order valence-corrected chi connectivity index (χ0v) is 14.2. The van der Waals surface area contributed by atoms with Crippen LogP contribution >= 0.6 is 0 Å². The number of nitrogens with zero attached hydrogens (tertiary/aromatic N) is 3. The SMILES string of the molecule is Cc1ccc(S(=O)(=O)n2cc(COc3ccccc3C=O)nn2)cc1. The molecule has 0 spiro atoms. The maximum absolute atomic E-state index is 12.5. The van der Waals surface area contributed by atoms with Crippen molar-refractivity contribution in [1.82, 2.24) is 14.4 Å². The van der Waals surface area contributed by atoms with Gasteiger partial charge in [0.2, 0.25) is 0 Å². The molecule has 0 unspecified atom stereocenters. The number of rotatable bonds is 6. The second-order valence-corrected chi connectivity index (χ2v) is 7.14. The van der Waals surface area contributed by atoms with Crippen molar-refractivity contribution in [1.29, 1.82) is 0 Å². The van der Waals surface area contributed by atoms with E-state index in [-0.39, 0.29) is 11.5 Å². The van der Waals surface area contributed by atoms with Crippen LogP contribution in [-0.4, -0.2) is 29.1 Å². The molecular weight excluding hydrogens is 342 g/mol. The summed E-state index contributed by atoms with van der Waals surface area (Å²) in [5.41, 5.74) is 1.69. The molecule has 128 valence electrons. The van der Waals surface area contributed by atoms with E-state index in [9.17, 15) is 13.2 Å². The van der Waals surface area contributed by atoms with Gasteiger partial charge >= 0.3 is 0 Å². The van der Waals surface area contributed by atoms with Crippen molar-refractivity contribution in [2.75, 3.05) is 0 Å². The third kappa shape index (κ3) is 3.58. The van der Waals surface area contributed by atoms with E-state index in [1.807, 2.05) is 6.92 Å². The predicted molar refractivity (Wildman–Crippen MR) is 89.9 cm³/mol. The molecule has 0 amide bonds. The lowest BCUT2D eigenvalue weighted by Crippen LogP contribution is -2.13. The van der Waals surface area contributed by atoms with Gasteiger partial charge in [0, 0.05) is 0 Å². The highest BCUT2D eigenvalue weighted by atomic mass is 32.2. The van der Waals surface area contributed by atoms with Gasteiger partial charge in [-0.15, -0.1) is 9.19 Å². The number of ether oxygens (including phenoxy) is 1. The van der Waals surface area contributed by atoms with E-state index < -0.39 is 10.0 Å². The lowest BCUT2D eigenvalue weighted by molar-refractivity contribution is 0.111. The molecule has 0 aliphatic heterocycles. The molecule has 0 aliphatic rings. The minimum Gasteiger partial charge on any atom is -0.486 e. The highest BCUT2D eigenvalue weighted by Gasteiger charge is 2.19. The van der Waals surface area contributed by atoms with Gasteiger partial charge < -0.3 is 4.74 Å². The Morgan fingerprint density at radius 3 is 2.56 bits per heavy atom. The number of hydrogen-bond donors (Lipinski definition) is 0. The number of carbonyl (C=O) groups excluding carboxylic acids is 1. The molecule has 1 aromatic heterocycles. The molecule has 1 heterocycles. The molecule has 8 heteroatoms. The van der Waals surface area contributed by atoms with E-state index >= 15 is 0 Å². The fraction of sp³-hybridized carbons (Fsp3) is 0.118. The quantitative estimate of drug-likeness (QED) is 0.628. The van der Waals surface area contributed by atoms with Crippen molar-refractivity contribution in [2.45, 2.75) is 18.4 Å². The Balaban J connectivity index is 1.78. The third-order valence-electron chi connectivity index (χ3n) is 3.51. The summed E-state index contributed by atoms with van der Waals surface area (Å²) in [5.74, 6) is 0.397. The smallest absolute Gasteiger partial charge is 0.284 e. The number of benzene rings is 2. The highest BCUT2D eigenvalue weighted by Crippen LogP contribution is 2.18. The van der Waals surface area contributed by atoms with Crippen LogP contribution in [0.15, 0.2) is 59.6 Å². The van der Waals surface area contributed by atoms with Crippen LogP contribution in [0.5, 0.6) is 5.75 Å². The van der Waals surface area contributed by atoms with Crippen LogP contribution in [0.3, 0.4) is 0 Å². The lowest BCUT2D eigenvalue weighted by Gasteiger charge is -2.05. The summed E-state index contributed by atoms with van der Waals surface area (Å²) in [5, 5.41) is 7.49. The molecule has 2 aromatic carbocycles. The molecule has 0 aliphatic carbocycles. The molecule has 7 nitrogen and oxygen atoms in total. The molecule has 0 saturated carbocycles. The van der Waals surface area contributed by atoms with Crippen LogP contribution in [0, 0.1) is 6.92 Å². The third-order valence-corrected chi connectivity index (χ3v) is 5.05. The number of aromatic nitrogens is 3. The minimum atomic E-state index is -3.80. The van der Waals surface area contributed by atoms with Gasteiger partial charge in [-0.1, -0.05) is 35.0 Å². The van der Waals surface area contributed by atoms with Crippen molar-refractivity contribution in [3.63, 3.8) is 0 Å². The van der Waals surface area contributed by atoms with Gasteiger partial charge in [-0.3, -0.25) is 4.79 Å². The first kappa shape index (κ1) is 16.8. The molecule has 25 heavy (non-hydrogen) atoms. The molecule has 0 atom stereocenters. The number of aryl methyl sites for hydroxylation is 1. The second kappa shape index (κ2) is 6.86. The van der Waals surface area contributed by atoms with Gasteiger partial charge in [0.1, 0.15) is 18.1 Å². The van der Waals surface area contributed by atoms with Crippen LogP contribution in [0.1, 0.15) is 21.6 Å². The molecular formula is C17H15N3O4S. The van der Waals surface area contributed by atoms with Crippen LogP contribution < -0.4 is 4.74 Å². The zero-order chi connectivity index (χ0) is 17.9. The van der Waals surface area contributed by atoms with Crippen molar-refractivity contribution in [3.05, 3.63) is 71.5 Å². The average molecular weight is 357 g/mol. The molecule has 0 fully saturated rings. The Hall–Kier alpha value is -3.00. The van der Waals surface area contributed by atoms with E-state index in [4.69, 9.17) is 4.74 Å². The van der Waals surface area contributed by atoms with Gasteiger partial charge in [0.25, 0.3) is 10.0 Å². The van der Waals surface area contributed by atoms with Crippen LogP contribution in [-0.2, 0) is 16.6 Å². The normalized spacial score (nSPS) is 11.2. The first-order chi connectivity index (χ1) is 12.0. The summed E-state index contributed by atoms with van der Waals surface area (Å²) in [4.78, 5) is 11.1. The number of aldehydes is 1. The van der Waals surface area contributed by atoms with E-state index in [2.05, 4.69) is 10.3 Å². The van der Waals surface area contributed by atoms with Gasteiger partial charge in [-0.05, 0) is 31.2 Å². The van der Waals surface area contributed by atoms with Crippen LogP contribution in [0.2, 0.25) is 0 Å². The standard InChI is InChI=1S/C17H15N3O4S/c1-13-6-8-16(9-7-13)25(22,23)20-10-15(18-19-20)12-24-17-5-3-2-4-14(17)11-21/h2-11H,12H2,1H3. The first-order valence-electron chi connectivity index (χ1n) is 7.41. The maximum atomic E-state index is 12.5. The van der Waals surface area contributed by atoms with E-state index in [1.165, 1.54) is 18.3 Å². The first-order valence-corrected chi connectivity index (χ1v) is 8.85. The summed E-state index contributed by atoms with van der Waals surface area (Å²) in [6, 6.07) is 13.2. The molecule has 0 saturated heterocycles. The van der Waals surface area contributed by atoms with Crippen LogP contribution in [0.4, 0.5) is 0 Å². The molecule has 0 N–H and O–H groups in total. The molecule has 0 bridgehead atoms. The Morgan fingerprint density at radius 2 is 1.84 bits per heavy atom. The highest BCUT2D eigenvalue weighted by molar-refractivity contribution is 7.89.